The Bertz CT molecular complexity index is 604. The molecule has 1 aromatic carbocycles. The van der Waals surface area contributed by atoms with Crippen molar-refractivity contribution in [3.8, 4) is 17.2 Å². The number of hydrogen-bond acceptors (Lipinski definition) is 4. The van der Waals surface area contributed by atoms with Crippen LogP contribution >= 0.6 is 0 Å². The molecule has 0 atom stereocenters. The van der Waals surface area contributed by atoms with Crippen LogP contribution in [0.5, 0.6) is 17.2 Å². The van der Waals surface area contributed by atoms with E-state index in [2.05, 4.69) is 5.32 Å². The highest BCUT2D eigenvalue weighted by molar-refractivity contribution is 5.76. The third-order valence-electron chi connectivity index (χ3n) is 5.95. The molecule has 0 aromatic heterocycles. The van der Waals surface area contributed by atoms with Crippen LogP contribution in [0.2, 0.25) is 0 Å². The monoisotopic (exact) mass is 375 g/mol. The molecule has 1 amide bonds. The lowest BCUT2D eigenvalue weighted by atomic mass is 9.92. The van der Waals surface area contributed by atoms with Crippen molar-refractivity contribution >= 4 is 5.91 Å². The van der Waals surface area contributed by atoms with E-state index in [0.717, 1.165) is 43.8 Å². The summed E-state index contributed by atoms with van der Waals surface area (Å²) in [4.78, 5) is 12.2. The zero-order valence-electron chi connectivity index (χ0n) is 16.7. The van der Waals surface area contributed by atoms with Crippen LogP contribution in [0, 0.1) is 5.92 Å². The molecule has 5 heteroatoms. The number of amides is 1. The summed E-state index contributed by atoms with van der Waals surface area (Å²) in [6.07, 6.45) is 11.0. The van der Waals surface area contributed by atoms with Crippen molar-refractivity contribution in [3.05, 3.63) is 18.2 Å². The number of benzene rings is 1. The average Bonchev–Trinajstić information content (AvgIpc) is 3.21. The lowest BCUT2D eigenvalue weighted by molar-refractivity contribution is -0.122. The molecule has 1 aromatic rings. The summed E-state index contributed by atoms with van der Waals surface area (Å²) in [7, 11) is 3.25. The molecule has 0 radical (unpaired) electrons. The molecule has 2 aliphatic rings. The predicted octanol–water partition coefficient (Wildman–Crippen LogP) is 4.48. The molecule has 0 spiro atoms. The Hall–Kier alpha value is -1.91. The molecule has 27 heavy (non-hydrogen) atoms. The number of carbonyl (C=O) groups excluding carboxylic acids is 1. The minimum atomic E-state index is 0.151. The Morgan fingerprint density at radius 3 is 2.37 bits per heavy atom. The Labute approximate surface area is 162 Å². The van der Waals surface area contributed by atoms with Gasteiger partial charge in [-0.05, 0) is 50.2 Å². The minimum absolute atomic E-state index is 0.151. The average molecular weight is 376 g/mol. The van der Waals surface area contributed by atoms with Crippen LogP contribution in [0.1, 0.15) is 64.2 Å². The predicted molar refractivity (Wildman–Crippen MR) is 106 cm³/mol. The molecule has 2 aliphatic carbocycles. The fourth-order valence-electron chi connectivity index (χ4n) is 4.39. The van der Waals surface area contributed by atoms with Gasteiger partial charge in [-0.2, -0.15) is 0 Å². The van der Waals surface area contributed by atoms with Gasteiger partial charge >= 0.3 is 0 Å². The highest BCUT2D eigenvalue weighted by atomic mass is 16.5. The number of nitrogens with one attached hydrogen (secondary N) is 1. The van der Waals surface area contributed by atoms with Gasteiger partial charge in [0.05, 0.1) is 20.3 Å². The first-order valence-corrected chi connectivity index (χ1v) is 10.4. The van der Waals surface area contributed by atoms with Crippen molar-refractivity contribution in [1.82, 2.24) is 5.32 Å². The molecule has 3 rings (SSSR count). The summed E-state index contributed by atoms with van der Waals surface area (Å²) in [5.74, 6) is 3.04. The maximum absolute atomic E-state index is 12.2. The van der Waals surface area contributed by atoms with E-state index in [-0.39, 0.29) is 18.1 Å². The third-order valence-corrected chi connectivity index (χ3v) is 5.95. The van der Waals surface area contributed by atoms with Gasteiger partial charge in [0.2, 0.25) is 11.7 Å². The standard InChI is InChI=1S/C22H33NO4/c1-25-19-8-5-9-20(22(19)26-2)27-18-13-11-17(12-14-18)23-21(24)15-10-16-6-3-4-7-16/h5,8-9,16-18H,3-4,6-7,10-15H2,1-2H3,(H,23,24). The zero-order valence-corrected chi connectivity index (χ0v) is 16.7. The van der Waals surface area contributed by atoms with Crippen LogP contribution in [0.4, 0.5) is 0 Å². The van der Waals surface area contributed by atoms with Gasteiger partial charge < -0.3 is 19.5 Å². The summed E-state index contributed by atoms with van der Waals surface area (Å²) < 4.78 is 16.9. The van der Waals surface area contributed by atoms with Gasteiger partial charge in [-0.1, -0.05) is 31.7 Å². The largest absolute Gasteiger partial charge is 0.493 e. The van der Waals surface area contributed by atoms with Gasteiger partial charge in [-0.3, -0.25) is 4.79 Å². The number of rotatable bonds is 8. The van der Waals surface area contributed by atoms with E-state index < -0.39 is 0 Å². The van der Waals surface area contributed by atoms with Gasteiger partial charge in [0.25, 0.3) is 0 Å². The molecule has 2 fully saturated rings. The molecule has 1 N–H and O–H groups in total. The number of hydrogen-bond donors (Lipinski definition) is 1. The molecule has 0 bridgehead atoms. The Balaban J connectivity index is 1.42. The number of ether oxygens (including phenoxy) is 3. The fraction of sp³-hybridized carbons (Fsp3) is 0.682. The summed E-state index contributed by atoms with van der Waals surface area (Å²) >= 11 is 0. The highest BCUT2D eigenvalue weighted by Crippen LogP contribution is 2.38. The van der Waals surface area contributed by atoms with Gasteiger partial charge in [-0.25, -0.2) is 0 Å². The highest BCUT2D eigenvalue weighted by Gasteiger charge is 2.25. The van der Waals surface area contributed by atoms with Crippen molar-refractivity contribution in [2.45, 2.75) is 76.4 Å². The third kappa shape index (κ3) is 5.53. The number of carbonyl (C=O) groups is 1. The molecule has 0 unspecified atom stereocenters. The van der Waals surface area contributed by atoms with E-state index >= 15 is 0 Å². The molecule has 0 saturated heterocycles. The molecular weight excluding hydrogens is 342 g/mol. The first-order chi connectivity index (χ1) is 13.2. The van der Waals surface area contributed by atoms with Crippen LogP contribution in [0.15, 0.2) is 18.2 Å². The van der Waals surface area contributed by atoms with Gasteiger partial charge in [0.1, 0.15) is 0 Å². The molecule has 150 valence electrons. The minimum Gasteiger partial charge on any atom is -0.493 e. The van der Waals surface area contributed by atoms with E-state index in [4.69, 9.17) is 14.2 Å². The van der Waals surface area contributed by atoms with E-state index in [1.165, 1.54) is 25.7 Å². The number of methoxy groups -OCH3 is 2. The van der Waals surface area contributed by atoms with E-state index in [9.17, 15) is 4.79 Å². The van der Waals surface area contributed by atoms with Crippen molar-refractivity contribution in [1.29, 1.82) is 0 Å². The Kier molecular flexibility index (Phi) is 7.25. The lowest BCUT2D eigenvalue weighted by Crippen LogP contribution is -2.39. The van der Waals surface area contributed by atoms with E-state index in [1.54, 1.807) is 14.2 Å². The van der Waals surface area contributed by atoms with Crippen LogP contribution in [-0.4, -0.2) is 32.3 Å². The second-order valence-corrected chi connectivity index (χ2v) is 7.84. The van der Waals surface area contributed by atoms with Crippen molar-refractivity contribution in [3.63, 3.8) is 0 Å². The topological polar surface area (TPSA) is 56.8 Å². The quantitative estimate of drug-likeness (QED) is 0.728. The summed E-state index contributed by atoms with van der Waals surface area (Å²) in [6, 6.07) is 5.97. The smallest absolute Gasteiger partial charge is 0.220 e. The summed E-state index contributed by atoms with van der Waals surface area (Å²) in [5.41, 5.74) is 0. The van der Waals surface area contributed by atoms with Crippen LogP contribution < -0.4 is 19.5 Å². The zero-order chi connectivity index (χ0) is 19.1. The lowest BCUT2D eigenvalue weighted by Gasteiger charge is -2.30. The second-order valence-electron chi connectivity index (χ2n) is 7.84. The molecule has 5 nitrogen and oxygen atoms in total. The van der Waals surface area contributed by atoms with E-state index in [1.807, 2.05) is 18.2 Å². The molecular formula is C22H33NO4. The SMILES string of the molecule is COc1cccc(OC2CCC(NC(=O)CCC3CCCC3)CC2)c1OC. The van der Waals surface area contributed by atoms with Crippen LogP contribution in [0.25, 0.3) is 0 Å². The molecule has 2 saturated carbocycles. The van der Waals surface area contributed by atoms with Gasteiger partial charge in [0, 0.05) is 12.5 Å². The summed E-state index contributed by atoms with van der Waals surface area (Å²) in [5, 5.41) is 3.23. The first kappa shape index (κ1) is 19.8. The van der Waals surface area contributed by atoms with Gasteiger partial charge in [0.15, 0.2) is 11.5 Å². The van der Waals surface area contributed by atoms with Crippen molar-refractivity contribution < 1.29 is 19.0 Å². The fourth-order valence-corrected chi connectivity index (χ4v) is 4.39. The maximum Gasteiger partial charge on any atom is 0.220 e. The summed E-state index contributed by atoms with van der Waals surface area (Å²) in [6.45, 7) is 0. The van der Waals surface area contributed by atoms with Crippen LogP contribution in [0.3, 0.4) is 0 Å². The van der Waals surface area contributed by atoms with Crippen LogP contribution in [-0.2, 0) is 4.79 Å². The van der Waals surface area contributed by atoms with Crippen molar-refractivity contribution in [2.24, 2.45) is 5.92 Å². The number of para-hydroxylation sites is 1. The Morgan fingerprint density at radius 2 is 1.70 bits per heavy atom. The normalized spacial score (nSPS) is 23.0. The first-order valence-electron chi connectivity index (χ1n) is 10.4. The van der Waals surface area contributed by atoms with E-state index in [0.29, 0.717) is 17.9 Å². The molecule has 0 heterocycles. The second kappa shape index (κ2) is 9.86. The van der Waals surface area contributed by atoms with Crippen molar-refractivity contribution in [2.75, 3.05) is 14.2 Å². The maximum atomic E-state index is 12.2. The van der Waals surface area contributed by atoms with Gasteiger partial charge in [-0.15, -0.1) is 0 Å². The molecule has 0 aliphatic heterocycles. The Morgan fingerprint density at radius 1 is 1.00 bits per heavy atom.